The molecule has 148 valence electrons. The second kappa shape index (κ2) is 7.47. The molecule has 0 aromatic rings. The fraction of sp³-hybridized carbons (Fsp3) is 0.900. The number of nitrogens with one attached hydrogen (secondary N) is 2. The summed E-state index contributed by atoms with van der Waals surface area (Å²) in [7, 11) is 8.22. The van der Waals surface area contributed by atoms with Crippen molar-refractivity contribution in [1.82, 2.24) is 0 Å². The molecule has 0 amide bonds. The summed E-state index contributed by atoms with van der Waals surface area (Å²) < 4.78 is 11.3. The normalized spacial score (nSPS) is 35.2. The summed E-state index contributed by atoms with van der Waals surface area (Å²) >= 11 is 0. The molecule has 4 rings (SSSR count). The average Bonchev–Trinajstić information content (AvgIpc) is 2.52. The van der Waals surface area contributed by atoms with Crippen LogP contribution in [0, 0.1) is 22.7 Å². The average molecular weight is 369 g/mol. The van der Waals surface area contributed by atoms with Crippen LogP contribution in [0.25, 0.3) is 0 Å². The predicted molar refractivity (Wildman–Crippen MR) is 96.8 cm³/mol. The SMILES string of the molecule is C[NH+](C)CCOC(=O)C12CC3CC(C1)CC(C(=O)OCC[NH+](C)C)(C3)C2. The standard InChI is InChI=1S/C20H34N2O4/c1-21(2)5-7-25-17(23)19-10-15-9-16(11-19)13-20(12-15,14-19)18(24)26-8-6-22(3)4/h15-16H,5-14H2,1-4H3/p+2. The number of hydrogen-bond acceptors (Lipinski definition) is 4. The minimum atomic E-state index is -0.447. The number of carbonyl (C=O) groups is 2. The van der Waals surface area contributed by atoms with E-state index in [4.69, 9.17) is 9.47 Å². The van der Waals surface area contributed by atoms with Gasteiger partial charge in [0, 0.05) is 0 Å². The van der Waals surface area contributed by atoms with Crippen molar-refractivity contribution in [3.63, 3.8) is 0 Å². The van der Waals surface area contributed by atoms with Gasteiger partial charge in [-0.3, -0.25) is 9.59 Å². The first-order chi connectivity index (χ1) is 12.2. The van der Waals surface area contributed by atoms with Crippen LogP contribution < -0.4 is 9.80 Å². The highest BCUT2D eigenvalue weighted by molar-refractivity contribution is 5.83. The van der Waals surface area contributed by atoms with Crippen molar-refractivity contribution in [3.8, 4) is 0 Å². The molecule has 0 atom stereocenters. The molecule has 4 bridgehead atoms. The Hall–Kier alpha value is -1.14. The van der Waals surface area contributed by atoms with Crippen LogP contribution >= 0.6 is 0 Å². The van der Waals surface area contributed by atoms with E-state index in [0.29, 0.717) is 31.5 Å². The van der Waals surface area contributed by atoms with E-state index < -0.39 is 10.8 Å². The molecule has 6 nitrogen and oxygen atoms in total. The largest absolute Gasteiger partial charge is 0.459 e. The molecular weight excluding hydrogens is 332 g/mol. The first kappa shape index (κ1) is 19.6. The zero-order chi connectivity index (χ0) is 18.9. The predicted octanol–water partition coefficient (Wildman–Crippen LogP) is -1.05. The third-order valence-electron chi connectivity index (χ3n) is 6.60. The Morgan fingerprint density at radius 1 is 0.808 bits per heavy atom. The minimum Gasteiger partial charge on any atom is -0.459 e. The van der Waals surface area contributed by atoms with Crippen molar-refractivity contribution in [2.75, 3.05) is 54.5 Å². The summed E-state index contributed by atoms with van der Waals surface area (Å²) in [6.45, 7) is 2.55. The number of carbonyl (C=O) groups excluding carboxylic acids is 2. The van der Waals surface area contributed by atoms with Gasteiger partial charge in [0.2, 0.25) is 0 Å². The van der Waals surface area contributed by atoms with Gasteiger partial charge in [-0.05, 0) is 50.4 Å². The van der Waals surface area contributed by atoms with Gasteiger partial charge in [0.15, 0.2) is 0 Å². The second-order valence-corrected chi connectivity index (χ2v) is 9.71. The molecule has 4 saturated carbocycles. The molecule has 0 aliphatic heterocycles. The third-order valence-corrected chi connectivity index (χ3v) is 6.60. The van der Waals surface area contributed by atoms with E-state index in [2.05, 4.69) is 28.2 Å². The van der Waals surface area contributed by atoms with E-state index in [1.54, 1.807) is 0 Å². The maximum atomic E-state index is 13.0. The fourth-order valence-electron chi connectivity index (χ4n) is 5.74. The van der Waals surface area contributed by atoms with Crippen molar-refractivity contribution in [1.29, 1.82) is 0 Å². The first-order valence-corrected chi connectivity index (χ1v) is 10.2. The topological polar surface area (TPSA) is 61.5 Å². The lowest BCUT2D eigenvalue weighted by atomic mass is 9.44. The Morgan fingerprint density at radius 2 is 1.19 bits per heavy atom. The maximum Gasteiger partial charge on any atom is 0.312 e. The van der Waals surface area contributed by atoms with Crippen LogP contribution in [0.15, 0.2) is 0 Å². The number of quaternary nitrogens is 2. The number of esters is 2. The van der Waals surface area contributed by atoms with E-state index in [9.17, 15) is 9.59 Å². The summed E-state index contributed by atoms with van der Waals surface area (Å²) in [4.78, 5) is 28.5. The molecule has 0 saturated heterocycles. The zero-order valence-corrected chi connectivity index (χ0v) is 16.9. The van der Waals surface area contributed by atoms with Crippen LogP contribution in [-0.2, 0) is 19.1 Å². The Kier molecular flexibility index (Phi) is 5.63. The van der Waals surface area contributed by atoms with Crippen LogP contribution in [0.1, 0.15) is 38.5 Å². The molecule has 0 aromatic heterocycles. The van der Waals surface area contributed by atoms with Crippen LogP contribution in [0.4, 0.5) is 0 Å². The highest BCUT2D eigenvalue weighted by Crippen LogP contribution is 2.65. The molecule has 6 heteroatoms. The molecule has 0 heterocycles. The molecule has 4 aliphatic carbocycles. The number of hydrogen-bond donors (Lipinski definition) is 2. The van der Waals surface area contributed by atoms with Crippen molar-refractivity contribution < 1.29 is 28.9 Å². The van der Waals surface area contributed by atoms with Gasteiger partial charge in [0.05, 0.1) is 39.0 Å². The highest BCUT2D eigenvalue weighted by Gasteiger charge is 2.64. The van der Waals surface area contributed by atoms with Gasteiger partial charge in [-0.2, -0.15) is 0 Å². The maximum absolute atomic E-state index is 13.0. The van der Waals surface area contributed by atoms with Crippen molar-refractivity contribution in [2.24, 2.45) is 22.7 Å². The lowest BCUT2D eigenvalue weighted by molar-refractivity contribution is -0.858. The molecular formula is C20H36N2O4+2. The van der Waals surface area contributed by atoms with Crippen LogP contribution in [0.2, 0.25) is 0 Å². The van der Waals surface area contributed by atoms with E-state index in [-0.39, 0.29) is 11.9 Å². The Labute approximate surface area is 157 Å². The van der Waals surface area contributed by atoms with Crippen LogP contribution in [0.3, 0.4) is 0 Å². The van der Waals surface area contributed by atoms with Gasteiger partial charge >= 0.3 is 11.9 Å². The lowest BCUT2D eigenvalue weighted by Crippen LogP contribution is -3.06. The van der Waals surface area contributed by atoms with Crippen molar-refractivity contribution in [2.45, 2.75) is 38.5 Å². The summed E-state index contributed by atoms with van der Waals surface area (Å²) in [5, 5.41) is 0. The minimum absolute atomic E-state index is 0.0669. The van der Waals surface area contributed by atoms with E-state index in [1.165, 1.54) is 9.80 Å². The smallest absolute Gasteiger partial charge is 0.312 e. The summed E-state index contributed by atoms with van der Waals surface area (Å²) in [6.07, 6.45) is 5.38. The Bertz CT molecular complexity index is 488. The van der Waals surface area contributed by atoms with Gasteiger partial charge in [0.1, 0.15) is 26.3 Å². The molecule has 0 radical (unpaired) electrons. The summed E-state index contributed by atoms with van der Waals surface area (Å²) in [6, 6.07) is 0. The molecule has 2 N–H and O–H groups in total. The Balaban J connectivity index is 1.68. The van der Waals surface area contributed by atoms with Gasteiger partial charge in [-0.15, -0.1) is 0 Å². The highest BCUT2D eigenvalue weighted by atomic mass is 16.5. The summed E-state index contributed by atoms with van der Waals surface area (Å²) in [5.41, 5.74) is -0.894. The van der Waals surface area contributed by atoms with Crippen LogP contribution in [-0.4, -0.2) is 66.4 Å². The lowest BCUT2D eigenvalue weighted by Gasteiger charge is -2.59. The quantitative estimate of drug-likeness (QED) is 0.537. The van der Waals surface area contributed by atoms with E-state index in [1.807, 2.05) is 0 Å². The first-order valence-electron chi connectivity index (χ1n) is 10.2. The van der Waals surface area contributed by atoms with Gasteiger partial charge in [-0.25, -0.2) is 0 Å². The molecule has 0 aromatic carbocycles. The molecule has 4 fully saturated rings. The molecule has 4 aliphatic rings. The van der Waals surface area contributed by atoms with Crippen molar-refractivity contribution >= 4 is 11.9 Å². The van der Waals surface area contributed by atoms with Gasteiger partial charge < -0.3 is 19.3 Å². The number of ether oxygens (including phenoxy) is 2. The number of rotatable bonds is 8. The molecule has 26 heavy (non-hydrogen) atoms. The van der Waals surface area contributed by atoms with E-state index >= 15 is 0 Å². The zero-order valence-electron chi connectivity index (χ0n) is 16.9. The fourth-order valence-corrected chi connectivity index (χ4v) is 5.74. The third kappa shape index (κ3) is 3.91. The molecule has 0 spiro atoms. The summed E-state index contributed by atoms with van der Waals surface area (Å²) in [5.74, 6) is 0.802. The second-order valence-electron chi connectivity index (χ2n) is 9.71. The van der Waals surface area contributed by atoms with Gasteiger partial charge in [-0.1, -0.05) is 0 Å². The number of likely N-dealkylation sites (N-methyl/N-ethyl adjacent to an activating group) is 2. The van der Waals surface area contributed by atoms with Gasteiger partial charge in [0.25, 0.3) is 0 Å². The Morgan fingerprint density at radius 3 is 1.54 bits per heavy atom. The monoisotopic (exact) mass is 368 g/mol. The van der Waals surface area contributed by atoms with Crippen molar-refractivity contribution in [3.05, 3.63) is 0 Å². The van der Waals surface area contributed by atoms with E-state index in [0.717, 1.165) is 45.2 Å². The molecule has 0 unspecified atom stereocenters. The van der Waals surface area contributed by atoms with Crippen LogP contribution in [0.5, 0.6) is 0 Å².